The topological polar surface area (TPSA) is 20.2 Å². The third kappa shape index (κ3) is 3.46. The highest BCUT2D eigenvalue weighted by atomic mass is 16.3. The summed E-state index contributed by atoms with van der Waals surface area (Å²) in [4.78, 5) is 0. The Balaban J connectivity index is 2.29. The first-order valence-electron chi connectivity index (χ1n) is 10.0. The van der Waals surface area contributed by atoms with Crippen molar-refractivity contribution in [3.05, 3.63) is 99.6 Å². The molecule has 0 aromatic heterocycles. The van der Waals surface area contributed by atoms with Crippen molar-refractivity contribution in [2.45, 2.75) is 59.3 Å². The van der Waals surface area contributed by atoms with Crippen LogP contribution in [0.2, 0.25) is 0 Å². The second-order valence-electron chi connectivity index (χ2n) is 9.12. The average molecular weight is 373 g/mol. The first-order valence-corrected chi connectivity index (χ1v) is 10.0. The Morgan fingerprint density at radius 3 is 1.64 bits per heavy atom. The summed E-state index contributed by atoms with van der Waals surface area (Å²) in [5.41, 5.74) is 8.10. The van der Waals surface area contributed by atoms with Gasteiger partial charge in [-0.25, -0.2) is 0 Å². The van der Waals surface area contributed by atoms with Gasteiger partial charge in [0.1, 0.15) is 5.75 Å². The van der Waals surface area contributed by atoms with Crippen molar-refractivity contribution in [2.75, 3.05) is 0 Å². The van der Waals surface area contributed by atoms with E-state index in [0.717, 1.165) is 5.56 Å². The molecule has 3 aromatic carbocycles. The zero-order valence-electron chi connectivity index (χ0n) is 18.2. The van der Waals surface area contributed by atoms with Gasteiger partial charge in [-0.1, -0.05) is 93.4 Å². The average Bonchev–Trinajstić information content (AvgIpc) is 2.63. The van der Waals surface area contributed by atoms with Crippen molar-refractivity contribution >= 4 is 0 Å². The number of rotatable bonds is 4. The Morgan fingerprint density at radius 1 is 0.643 bits per heavy atom. The summed E-state index contributed by atoms with van der Waals surface area (Å²) in [6.07, 6.45) is 0. The lowest BCUT2D eigenvalue weighted by Gasteiger charge is -2.37. The van der Waals surface area contributed by atoms with Gasteiger partial charge in [0.15, 0.2) is 0 Å². The first-order chi connectivity index (χ1) is 13.0. The van der Waals surface area contributed by atoms with Crippen LogP contribution in [0.3, 0.4) is 0 Å². The second kappa shape index (κ2) is 7.13. The summed E-state index contributed by atoms with van der Waals surface area (Å²) in [6.45, 7) is 15.4. The van der Waals surface area contributed by atoms with E-state index in [1.54, 1.807) is 0 Å². The van der Waals surface area contributed by atoms with Crippen LogP contribution in [-0.2, 0) is 10.8 Å². The van der Waals surface area contributed by atoms with Gasteiger partial charge in [-0.2, -0.15) is 0 Å². The van der Waals surface area contributed by atoms with Crippen molar-refractivity contribution in [2.24, 2.45) is 0 Å². The molecule has 0 saturated carbocycles. The number of hydrogen-bond donors (Lipinski definition) is 1. The molecule has 3 rings (SSSR count). The zero-order valence-corrected chi connectivity index (χ0v) is 18.2. The quantitative estimate of drug-likeness (QED) is 0.524. The Kier molecular flexibility index (Phi) is 5.14. The molecule has 0 radical (unpaired) electrons. The van der Waals surface area contributed by atoms with E-state index in [4.69, 9.17) is 0 Å². The number of phenols is 1. The molecule has 0 atom stereocenters. The number of aryl methyl sites for hydroxylation is 2. The first kappa shape index (κ1) is 20.2. The van der Waals surface area contributed by atoms with Crippen molar-refractivity contribution in [1.29, 1.82) is 0 Å². The van der Waals surface area contributed by atoms with Crippen LogP contribution in [0.25, 0.3) is 0 Å². The predicted octanol–water partition coefficient (Wildman–Crippen LogP) is 6.97. The van der Waals surface area contributed by atoms with E-state index in [2.05, 4.69) is 96.1 Å². The molecule has 3 aromatic rings. The van der Waals surface area contributed by atoms with Gasteiger partial charge in [0, 0.05) is 10.8 Å². The van der Waals surface area contributed by atoms with E-state index in [9.17, 15) is 5.11 Å². The van der Waals surface area contributed by atoms with Crippen molar-refractivity contribution in [3.8, 4) is 5.75 Å². The largest absolute Gasteiger partial charge is 0.508 e. The van der Waals surface area contributed by atoms with Gasteiger partial charge in [-0.05, 0) is 54.7 Å². The highest BCUT2D eigenvalue weighted by Crippen LogP contribution is 2.45. The Hall–Kier alpha value is -2.54. The minimum atomic E-state index is -0.231. The number of hydrogen-bond acceptors (Lipinski definition) is 1. The van der Waals surface area contributed by atoms with Gasteiger partial charge in [0.05, 0.1) is 0 Å². The normalized spacial score (nSPS) is 12.2. The molecule has 0 saturated heterocycles. The Labute approximate surface area is 170 Å². The summed E-state index contributed by atoms with van der Waals surface area (Å²) in [5, 5.41) is 10.6. The van der Waals surface area contributed by atoms with Gasteiger partial charge in [0.25, 0.3) is 0 Å². The zero-order chi connectivity index (χ0) is 20.7. The summed E-state index contributed by atoms with van der Waals surface area (Å²) in [7, 11) is 0. The molecule has 0 heterocycles. The second-order valence-corrected chi connectivity index (χ2v) is 9.12. The number of benzene rings is 3. The summed E-state index contributed by atoms with van der Waals surface area (Å²) < 4.78 is 0. The molecule has 0 aliphatic rings. The Bertz CT molecular complexity index is 1010. The Morgan fingerprint density at radius 2 is 1.14 bits per heavy atom. The molecule has 0 spiro atoms. The van der Waals surface area contributed by atoms with Crippen LogP contribution < -0.4 is 0 Å². The van der Waals surface area contributed by atoms with Crippen LogP contribution in [0.5, 0.6) is 5.75 Å². The minimum Gasteiger partial charge on any atom is -0.508 e. The molecule has 0 amide bonds. The van der Waals surface area contributed by atoms with Gasteiger partial charge in [-0.15, -0.1) is 0 Å². The fraction of sp³-hybridized carbons (Fsp3) is 0.333. The summed E-state index contributed by atoms with van der Waals surface area (Å²) in [6, 6.07) is 21.4. The van der Waals surface area contributed by atoms with E-state index < -0.39 is 0 Å². The lowest BCUT2D eigenvalue weighted by atomic mass is 9.67. The third-order valence-electron chi connectivity index (χ3n) is 6.21. The van der Waals surface area contributed by atoms with Crippen LogP contribution in [0.1, 0.15) is 66.6 Å². The van der Waals surface area contributed by atoms with Crippen molar-refractivity contribution < 1.29 is 5.11 Å². The minimum absolute atomic E-state index is 0.180. The maximum Gasteiger partial charge on any atom is 0.118 e. The molecule has 0 aliphatic heterocycles. The van der Waals surface area contributed by atoms with Crippen LogP contribution in [0.15, 0.2) is 60.7 Å². The SMILES string of the molecule is Cc1cccc(C(C)(C)c2ccc(O)c(C)c2C(C)(C)c2cccc(C)c2)c1. The monoisotopic (exact) mass is 372 g/mol. The van der Waals surface area contributed by atoms with Gasteiger partial charge < -0.3 is 5.11 Å². The van der Waals surface area contributed by atoms with Crippen molar-refractivity contribution in [1.82, 2.24) is 0 Å². The smallest absolute Gasteiger partial charge is 0.118 e. The number of aromatic hydroxyl groups is 1. The third-order valence-corrected chi connectivity index (χ3v) is 6.21. The highest BCUT2D eigenvalue weighted by Gasteiger charge is 2.35. The van der Waals surface area contributed by atoms with Crippen LogP contribution in [-0.4, -0.2) is 5.11 Å². The summed E-state index contributed by atoms with van der Waals surface area (Å²) in [5.74, 6) is 0.361. The summed E-state index contributed by atoms with van der Waals surface area (Å²) >= 11 is 0. The molecule has 0 unspecified atom stereocenters. The molecule has 1 nitrogen and oxygen atoms in total. The van der Waals surface area contributed by atoms with Crippen LogP contribution in [0, 0.1) is 20.8 Å². The number of phenolic OH excluding ortho intramolecular Hbond substituents is 1. The van der Waals surface area contributed by atoms with Gasteiger partial charge in [-0.3, -0.25) is 0 Å². The molecule has 0 aliphatic carbocycles. The highest BCUT2D eigenvalue weighted by molar-refractivity contribution is 5.56. The lowest BCUT2D eigenvalue weighted by Crippen LogP contribution is -2.29. The molecule has 146 valence electrons. The standard InChI is InChI=1S/C27H32O/c1-18-10-8-12-21(16-18)26(4,5)23-14-15-24(28)20(3)25(23)27(6,7)22-13-9-11-19(2)17-22/h8-17,28H,1-7H3. The molecule has 1 heteroatoms. The molecule has 0 fully saturated rings. The molecular formula is C27H32O. The van der Waals surface area contributed by atoms with Gasteiger partial charge in [0.2, 0.25) is 0 Å². The van der Waals surface area contributed by atoms with Crippen LogP contribution in [0.4, 0.5) is 0 Å². The van der Waals surface area contributed by atoms with E-state index in [-0.39, 0.29) is 10.8 Å². The molecule has 28 heavy (non-hydrogen) atoms. The molecular weight excluding hydrogens is 340 g/mol. The van der Waals surface area contributed by atoms with E-state index in [1.807, 2.05) is 13.0 Å². The maximum absolute atomic E-state index is 10.6. The maximum atomic E-state index is 10.6. The fourth-order valence-corrected chi connectivity index (χ4v) is 4.39. The van der Waals surface area contributed by atoms with E-state index in [0.29, 0.717) is 5.75 Å². The lowest BCUT2D eigenvalue weighted by molar-refractivity contribution is 0.464. The van der Waals surface area contributed by atoms with Gasteiger partial charge >= 0.3 is 0 Å². The van der Waals surface area contributed by atoms with E-state index in [1.165, 1.54) is 33.4 Å². The predicted molar refractivity (Wildman–Crippen MR) is 119 cm³/mol. The van der Waals surface area contributed by atoms with Crippen LogP contribution >= 0.6 is 0 Å². The molecule has 0 bridgehead atoms. The fourth-order valence-electron chi connectivity index (χ4n) is 4.39. The molecule has 1 N–H and O–H groups in total. The van der Waals surface area contributed by atoms with E-state index >= 15 is 0 Å². The van der Waals surface area contributed by atoms with Crippen molar-refractivity contribution in [3.63, 3.8) is 0 Å².